The molecule has 3 rings (SSSR count). The summed E-state index contributed by atoms with van der Waals surface area (Å²) in [6.07, 6.45) is 2.26. The van der Waals surface area contributed by atoms with Crippen LogP contribution in [0.3, 0.4) is 0 Å². The summed E-state index contributed by atoms with van der Waals surface area (Å²) in [4.78, 5) is 16.3. The monoisotopic (exact) mass is 286 g/mol. The number of carbonyl (C=O) groups excluding carboxylic acids is 1. The van der Waals surface area contributed by atoms with Gasteiger partial charge in [0.25, 0.3) is 5.91 Å². The predicted octanol–water partition coefficient (Wildman–Crippen LogP) is 2.00. The van der Waals surface area contributed by atoms with Gasteiger partial charge in [0.2, 0.25) is 5.82 Å². The molecule has 1 aromatic carbocycles. The highest BCUT2D eigenvalue weighted by Crippen LogP contribution is 2.41. The summed E-state index contributed by atoms with van der Waals surface area (Å²) in [5.74, 6) is 1.87. The van der Waals surface area contributed by atoms with Gasteiger partial charge in [0.15, 0.2) is 0 Å². The molecule has 1 saturated carbocycles. The average Bonchev–Trinajstić information content (AvgIpc) is 3.25. The van der Waals surface area contributed by atoms with Gasteiger partial charge in [-0.3, -0.25) is 9.89 Å². The van der Waals surface area contributed by atoms with Crippen molar-refractivity contribution in [2.24, 2.45) is 5.92 Å². The number of aromatic amines is 1. The first-order valence-electron chi connectivity index (χ1n) is 7.01. The summed E-state index contributed by atoms with van der Waals surface area (Å²) in [6.45, 7) is 1.77. The number of nitrogens with zero attached hydrogens (tertiary/aromatic N) is 2. The van der Waals surface area contributed by atoms with Crippen molar-refractivity contribution in [3.05, 3.63) is 41.5 Å². The Labute approximate surface area is 122 Å². The van der Waals surface area contributed by atoms with Gasteiger partial charge in [-0.1, -0.05) is 12.1 Å². The van der Waals surface area contributed by atoms with Gasteiger partial charge in [-0.05, 0) is 43.4 Å². The molecule has 0 bridgehead atoms. The average molecular weight is 286 g/mol. The van der Waals surface area contributed by atoms with Gasteiger partial charge in [-0.25, -0.2) is 4.98 Å². The van der Waals surface area contributed by atoms with Crippen LogP contribution in [-0.2, 0) is 0 Å². The number of rotatable bonds is 5. The lowest BCUT2D eigenvalue weighted by Crippen LogP contribution is -2.30. The molecule has 0 spiro atoms. The lowest BCUT2D eigenvalue weighted by atomic mass is 10.0. The zero-order valence-corrected chi connectivity index (χ0v) is 12.1. The molecule has 1 atom stereocenters. The molecule has 6 nitrogen and oxygen atoms in total. The Hall–Kier alpha value is -2.37. The second-order valence-corrected chi connectivity index (χ2v) is 5.31. The molecule has 110 valence electrons. The SMILES string of the molecule is COc1ccc(C(NC(=O)c2n[nH]c(C)n2)C2CC2)cc1. The molecule has 1 unspecified atom stereocenters. The second kappa shape index (κ2) is 5.55. The molecule has 1 amide bonds. The zero-order chi connectivity index (χ0) is 14.8. The van der Waals surface area contributed by atoms with Crippen molar-refractivity contribution < 1.29 is 9.53 Å². The predicted molar refractivity (Wildman–Crippen MR) is 77.0 cm³/mol. The minimum absolute atomic E-state index is 0.00205. The van der Waals surface area contributed by atoms with Crippen molar-refractivity contribution in [2.75, 3.05) is 7.11 Å². The Balaban J connectivity index is 1.76. The van der Waals surface area contributed by atoms with Gasteiger partial charge < -0.3 is 10.1 Å². The number of H-pyrrole nitrogens is 1. The number of benzene rings is 1. The summed E-state index contributed by atoms with van der Waals surface area (Å²) < 4.78 is 5.17. The van der Waals surface area contributed by atoms with Gasteiger partial charge in [0.1, 0.15) is 11.6 Å². The van der Waals surface area contributed by atoms with Crippen molar-refractivity contribution in [1.82, 2.24) is 20.5 Å². The Morgan fingerprint density at radius 3 is 2.62 bits per heavy atom. The maximum absolute atomic E-state index is 12.2. The van der Waals surface area contributed by atoms with Crippen LogP contribution in [-0.4, -0.2) is 28.2 Å². The molecule has 2 aromatic rings. The van der Waals surface area contributed by atoms with Crippen molar-refractivity contribution in [2.45, 2.75) is 25.8 Å². The largest absolute Gasteiger partial charge is 0.497 e. The first-order valence-corrected chi connectivity index (χ1v) is 7.01. The quantitative estimate of drug-likeness (QED) is 0.881. The number of hydrogen-bond donors (Lipinski definition) is 2. The molecule has 0 saturated heterocycles. The van der Waals surface area contributed by atoms with Crippen LogP contribution in [0.4, 0.5) is 0 Å². The van der Waals surface area contributed by atoms with Crippen LogP contribution in [0.1, 0.15) is 40.9 Å². The Morgan fingerprint density at radius 2 is 2.10 bits per heavy atom. The van der Waals surface area contributed by atoms with E-state index < -0.39 is 0 Å². The molecule has 0 aliphatic heterocycles. The minimum atomic E-state index is -0.243. The highest BCUT2D eigenvalue weighted by Gasteiger charge is 2.34. The third-order valence-electron chi connectivity index (χ3n) is 3.66. The third-order valence-corrected chi connectivity index (χ3v) is 3.66. The van der Waals surface area contributed by atoms with E-state index in [4.69, 9.17) is 4.74 Å². The Kier molecular flexibility index (Phi) is 3.60. The minimum Gasteiger partial charge on any atom is -0.497 e. The lowest BCUT2D eigenvalue weighted by Gasteiger charge is -2.18. The molecule has 0 radical (unpaired) electrons. The molecule has 1 heterocycles. The molecular weight excluding hydrogens is 268 g/mol. The van der Waals surface area contributed by atoms with Gasteiger partial charge in [0.05, 0.1) is 13.2 Å². The molecular formula is C15H18N4O2. The third kappa shape index (κ3) is 3.04. The summed E-state index contributed by atoms with van der Waals surface area (Å²) in [6, 6.07) is 7.81. The van der Waals surface area contributed by atoms with E-state index >= 15 is 0 Å². The number of nitrogens with one attached hydrogen (secondary N) is 2. The van der Waals surface area contributed by atoms with Crippen LogP contribution in [0.5, 0.6) is 5.75 Å². The first-order chi connectivity index (χ1) is 10.2. The van der Waals surface area contributed by atoms with Gasteiger partial charge >= 0.3 is 0 Å². The van der Waals surface area contributed by atoms with E-state index in [1.807, 2.05) is 24.3 Å². The van der Waals surface area contributed by atoms with Crippen LogP contribution in [0.25, 0.3) is 0 Å². The summed E-state index contributed by atoms with van der Waals surface area (Å²) in [7, 11) is 1.64. The molecule has 21 heavy (non-hydrogen) atoms. The Morgan fingerprint density at radius 1 is 1.38 bits per heavy atom. The van der Waals surface area contributed by atoms with E-state index in [9.17, 15) is 4.79 Å². The van der Waals surface area contributed by atoms with E-state index in [-0.39, 0.29) is 17.8 Å². The number of hydrogen-bond acceptors (Lipinski definition) is 4. The van der Waals surface area contributed by atoms with Crippen LogP contribution < -0.4 is 10.1 Å². The normalized spacial score (nSPS) is 15.5. The van der Waals surface area contributed by atoms with E-state index in [1.165, 1.54) is 0 Å². The molecule has 1 aliphatic carbocycles. The van der Waals surface area contributed by atoms with Crippen LogP contribution in [0.15, 0.2) is 24.3 Å². The van der Waals surface area contributed by atoms with Crippen molar-refractivity contribution >= 4 is 5.91 Å². The van der Waals surface area contributed by atoms with Gasteiger partial charge in [0, 0.05) is 0 Å². The topological polar surface area (TPSA) is 79.9 Å². The molecule has 2 N–H and O–H groups in total. The fourth-order valence-corrected chi connectivity index (χ4v) is 2.36. The van der Waals surface area contributed by atoms with Crippen molar-refractivity contribution in [3.63, 3.8) is 0 Å². The summed E-state index contributed by atoms with van der Waals surface area (Å²) >= 11 is 0. The first kappa shape index (κ1) is 13.6. The van der Waals surface area contributed by atoms with Crippen LogP contribution in [0.2, 0.25) is 0 Å². The number of aryl methyl sites for hydroxylation is 1. The molecule has 1 aliphatic rings. The fourth-order valence-electron chi connectivity index (χ4n) is 2.36. The van der Waals surface area contributed by atoms with E-state index in [1.54, 1.807) is 14.0 Å². The summed E-state index contributed by atoms with van der Waals surface area (Å²) in [5, 5.41) is 9.62. The fraction of sp³-hybridized carbons (Fsp3) is 0.400. The smallest absolute Gasteiger partial charge is 0.291 e. The van der Waals surface area contributed by atoms with Crippen LogP contribution in [0, 0.1) is 12.8 Å². The highest BCUT2D eigenvalue weighted by molar-refractivity contribution is 5.90. The maximum atomic E-state index is 12.2. The standard InChI is InChI=1S/C15H18N4O2/c1-9-16-14(19-18-9)15(20)17-13(10-3-4-10)11-5-7-12(21-2)8-6-11/h5-8,10,13H,3-4H2,1-2H3,(H,17,20)(H,16,18,19). The number of methoxy groups -OCH3 is 1. The zero-order valence-electron chi connectivity index (χ0n) is 12.1. The van der Waals surface area contributed by atoms with Gasteiger partial charge in [-0.15, -0.1) is 5.10 Å². The molecule has 1 fully saturated rings. The number of amides is 1. The van der Waals surface area contributed by atoms with Crippen LogP contribution >= 0.6 is 0 Å². The van der Waals surface area contributed by atoms with Crippen molar-refractivity contribution in [1.29, 1.82) is 0 Å². The number of ether oxygens (including phenoxy) is 1. The van der Waals surface area contributed by atoms with E-state index in [0.717, 1.165) is 24.2 Å². The number of carbonyl (C=O) groups is 1. The lowest BCUT2D eigenvalue weighted by molar-refractivity contribution is 0.0921. The van der Waals surface area contributed by atoms with E-state index in [2.05, 4.69) is 20.5 Å². The van der Waals surface area contributed by atoms with Gasteiger partial charge in [-0.2, -0.15) is 0 Å². The highest BCUT2D eigenvalue weighted by atomic mass is 16.5. The summed E-state index contributed by atoms with van der Waals surface area (Å²) in [5.41, 5.74) is 1.08. The second-order valence-electron chi connectivity index (χ2n) is 5.31. The van der Waals surface area contributed by atoms with Crippen molar-refractivity contribution in [3.8, 4) is 5.75 Å². The van der Waals surface area contributed by atoms with E-state index in [0.29, 0.717) is 11.7 Å². The maximum Gasteiger partial charge on any atom is 0.291 e. The Bertz CT molecular complexity index is 631. The molecule has 1 aromatic heterocycles. The molecule has 6 heteroatoms. The number of aromatic nitrogens is 3.